The first kappa shape index (κ1) is 11.0. The van der Waals surface area contributed by atoms with E-state index >= 15 is 0 Å². The monoisotopic (exact) mass is 212 g/mol. The van der Waals surface area contributed by atoms with Crippen LogP contribution in [0.4, 0.5) is 14.9 Å². The van der Waals surface area contributed by atoms with Crippen LogP contribution in [0, 0.1) is 12.7 Å². The first-order valence-electron chi connectivity index (χ1n) is 4.02. The molecule has 0 aromatic heterocycles. The molecule has 0 saturated carbocycles. The summed E-state index contributed by atoms with van der Waals surface area (Å²) in [5.41, 5.74) is 5.16. The molecule has 0 radical (unpaired) electrons. The zero-order valence-electron chi connectivity index (χ0n) is 7.91. The van der Waals surface area contributed by atoms with Gasteiger partial charge in [0, 0.05) is 5.56 Å². The van der Waals surface area contributed by atoms with Crippen molar-refractivity contribution in [3.8, 4) is 5.75 Å². The third-order valence-corrected chi connectivity index (χ3v) is 1.76. The molecule has 0 atom stereocenters. The Hall–Kier alpha value is -2.11. The molecule has 1 rings (SSSR count). The number of rotatable bonds is 3. The van der Waals surface area contributed by atoms with Crippen LogP contribution in [0.1, 0.15) is 5.56 Å². The maximum Gasteiger partial charge on any atom is 0.316 e. The third-order valence-electron chi connectivity index (χ3n) is 1.76. The van der Waals surface area contributed by atoms with Gasteiger partial charge in [-0.1, -0.05) is 0 Å². The summed E-state index contributed by atoms with van der Waals surface area (Å²) in [6, 6.07) is 1.57. The second-order valence-electron chi connectivity index (χ2n) is 2.75. The summed E-state index contributed by atoms with van der Waals surface area (Å²) in [7, 11) is 0. The van der Waals surface area contributed by atoms with Gasteiger partial charge < -0.3 is 15.8 Å². The molecular formula is C9H9FN2O3. The van der Waals surface area contributed by atoms with Gasteiger partial charge in [-0.15, -0.1) is 0 Å². The van der Waals surface area contributed by atoms with Crippen LogP contribution in [0.25, 0.3) is 0 Å². The summed E-state index contributed by atoms with van der Waals surface area (Å²) in [6.45, 7) is 1.56. The maximum atomic E-state index is 13.1. The highest BCUT2D eigenvalue weighted by molar-refractivity contribution is 5.90. The standard InChI is InChI=1S/C9H9FN2O3/c1-5-6(10)2-3-7(12-9(11)14)8(5)15-4-13/h2-4H,1H3,(H3,11,12,14). The number of carbonyl (C=O) groups is 2. The molecule has 0 aliphatic heterocycles. The predicted molar refractivity (Wildman–Crippen MR) is 51.0 cm³/mol. The zero-order valence-corrected chi connectivity index (χ0v) is 7.91. The molecule has 6 heteroatoms. The lowest BCUT2D eigenvalue weighted by Gasteiger charge is -2.10. The van der Waals surface area contributed by atoms with E-state index in [0.717, 1.165) is 6.07 Å². The van der Waals surface area contributed by atoms with E-state index in [2.05, 4.69) is 10.1 Å². The van der Waals surface area contributed by atoms with Crippen LogP contribution >= 0.6 is 0 Å². The lowest BCUT2D eigenvalue weighted by molar-refractivity contribution is -0.120. The van der Waals surface area contributed by atoms with E-state index in [9.17, 15) is 14.0 Å². The van der Waals surface area contributed by atoms with E-state index in [-0.39, 0.29) is 23.5 Å². The number of amides is 2. The van der Waals surface area contributed by atoms with Gasteiger partial charge in [-0.05, 0) is 19.1 Å². The van der Waals surface area contributed by atoms with Gasteiger partial charge in [-0.2, -0.15) is 0 Å². The highest BCUT2D eigenvalue weighted by Crippen LogP contribution is 2.29. The van der Waals surface area contributed by atoms with Crippen molar-refractivity contribution in [3.63, 3.8) is 0 Å². The Kier molecular flexibility index (Phi) is 3.22. The van der Waals surface area contributed by atoms with E-state index in [4.69, 9.17) is 5.73 Å². The fourth-order valence-electron chi connectivity index (χ4n) is 1.10. The van der Waals surface area contributed by atoms with Crippen molar-refractivity contribution in [2.24, 2.45) is 5.73 Å². The van der Waals surface area contributed by atoms with E-state index in [0.29, 0.717) is 0 Å². The van der Waals surface area contributed by atoms with Crippen LogP contribution in [0.15, 0.2) is 12.1 Å². The number of nitrogens with two attached hydrogens (primary N) is 1. The molecule has 0 heterocycles. The molecule has 0 aliphatic carbocycles. The molecular weight excluding hydrogens is 203 g/mol. The van der Waals surface area contributed by atoms with Crippen LogP contribution in [-0.2, 0) is 4.79 Å². The van der Waals surface area contributed by atoms with Crippen molar-refractivity contribution in [3.05, 3.63) is 23.5 Å². The normalized spacial score (nSPS) is 9.47. The van der Waals surface area contributed by atoms with Crippen molar-refractivity contribution in [2.45, 2.75) is 6.92 Å². The van der Waals surface area contributed by atoms with Gasteiger partial charge >= 0.3 is 6.03 Å². The average molecular weight is 212 g/mol. The lowest BCUT2D eigenvalue weighted by atomic mass is 10.2. The molecule has 0 spiro atoms. The highest BCUT2D eigenvalue weighted by atomic mass is 19.1. The average Bonchev–Trinajstić information content (AvgIpc) is 2.17. The van der Waals surface area contributed by atoms with Gasteiger partial charge in [0.1, 0.15) is 5.82 Å². The van der Waals surface area contributed by atoms with Gasteiger partial charge in [0.05, 0.1) is 5.69 Å². The largest absolute Gasteiger partial charge is 0.426 e. The smallest absolute Gasteiger partial charge is 0.316 e. The third kappa shape index (κ3) is 2.43. The molecule has 1 aromatic carbocycles. The van der Waals surface area contributed by atoms with E-state index in [1.54, 1.807) is 0 Å². The second kappa shape index (κ2) is 4.41. The minimum Gasteiger partial charge on any atom is -0.426 e. The quantitative estimate of drug-likeness (QED) is 0.737. The molecule has 0 bridgehead atoms. The number of primary amides is 1. The Morgan fingerprint density at radius 1 is 1.60 bits per heavy atom. The van der Waals surface area contributed by atoms with Crippen molar-refractivity contribution in [1.82, 2.24) is 0 Å². The summed E-state index contributed by atoms with van der Waals surface area (Å²) < 4.78 is 17.6. The van der Waals surface area contributed by atoms with Crippen LogP contribution in [0.3, 0.4) is 0 Å². The number of halogens is 1. The molecule has 3 N–H and O–H groups in total. The second-order valence-corrected chi connectivity index (χ2v) is 2.75. The van der Waals surface area contributed by atoms with Gasteiger partial charge in [0.25, 0.3) is 6.47 Å². The Morgan fingerprint density at radius 2 is 2.27 bits per heavy atom. The number of hydrogen-bond donors (Lipinski definition) is 2. The molecule has 2 amide bonds. The fourth-order valence-corrected chi connectivity index (χ4v) is 1.10. The van der Waals surface area contributed by atoms with Crippen molar-refractivity contribution < 1.29 is 18.7 Å². The van der Waals surface area contributed by atoms with E-state index < -0.39 is 11.8 Å². The fraction of sp³-hybridized carbons (Fsp3) is 0.111. The molecule has 1 aromatic rings. The molecule has 5 nitrogen and oxygen atoms in total. The van der Waals surface area contributed by atoms with Crippen LogP contribution < -0.4 is 15.8 Å². The van der Waals surface area contributed by atoms with Crippen molar-refractivity contribution in [2.75, 3.05) is 5.32 Å². The first-order chi connectivity index (χ1) is 7.06. The van der Waals surface area contributed by atoms with Crippen LogP contribution in [0.2, 0.25) is 0 Å². The van der Waals surface area contributed by atoms with Gasteiger partial charge in [0.2, 0.25) is 0 Å². The summed E-state index contributed by atoms with van der Waals surface area (Å²) >= 11 is 0. The Bertz CT molecular complexity index is 407. The molecule has 80 valence electrons. The summed E-state index contributed by atoms with van der Waals surface area (Å²) in [5.74, 6) is -0.592. The molecule has 15 heavy (non-hydrogen) atoms. The Morgan fingerprint density at radius 3 is 2.80 bits per heavy atom. The van der Waals surface area contributed by atoms with Crippen molar-refractivity contribution >= 4 is 18.2 Å². The molecule has 0 saturated heterocycles. The Balaban J connectivity index is 3.19. The number of carbonyl (C=O) groups excluding carboxylic acids is 2. The van der Waals surface area contributed by atoms with Crippen LogP contribution in [-0.4, -0.2) is 12.5 Å². The summed E-state index contributed by atoms with van der Waals surface area (Å²) in [4.78, 5) is 20.8. The van der Waals surface area contributed by atoms with Crippen molar-refractivity contribution in [1.29, 1.82) is 0 Å². The zero-order chi connectivity index (χ0) is 11.4. The molecule has 0 fully saturated rings. The number of anilines is 1. The van der Waals surface area contributed by atoms with Gasteiger partial charge in [0.15, 0.2) is 5.75 Å². The number of nitrogens with one attached hydrogen (secondary N) is 1. The lowest BCUT2D eigenvalue weighted by Crippen LogP contribution is -2.20. The van der Waals surface area contributed by atoms with Gasteiger partial charge in [-0.3, -0.25) is 4.79 Å². The molecule has 0 unspecified atom stereocenters. The van der Waals surface area contributed by atoms with E-state index in [1.165, 1.54) is 13.0 Å². The van der Waals surface area contributed by atoms with E-state index in [1.807, 2.05) is 0 Å². The summed E-state index contributed by atoms with van der Waals surface area (Å²) in [6.07, 6.45) is 0. The Labute approximate surface area is 85.0 Å². The summed E-state index contributed by atoms with van der Waals surface area (Å²) in [5, 5.41) is 2.21. The predicted octanol–water partition coefficient (Wildman–Crippen LogP) is 1.16. The van der Waals surface area contributed by atoms with Crippen LogP contribution in [0.5, 0.6) is 5.75 Å². The number of ether oxygens (including phenoxy) is 1. The minimum absolute atomic E-state index is 0.0520. The number of urea groups is 1. The SMILES string of the molecule is Cc1c(F)ccc(NC(N)=O)c1OC=O. The first-order valence-corrected chi connectivity index (χ1v) is 4.02. The van der Waals surface area contributed by atoms with Gasteiger partial charge in [-0.25, -0.2) is 9.18 Å². The number of hydrogen-bond acceptors (Lipinski definition) is 3. The number of benzene rings is 1. The highest BCUT2D eigenvalue weighted by Gasteiger charge is 2.12. The molecule has 0 aliphatic rings. The topological polar surface area (TPSA) is 81.4 Å². The maximum absolute atomic E-state index is 13.1. The minimum atomic E-state index is -0.822.